The summed E-state index contributed by atoms with van der Waals surface area (Å²) in [6.45, 7) is 0.689. The molecule has 0 N–H and O–H groups in total. The van der Waals surface area contributed by atoms with Gasteiger partial charge >= 0.3 is 5.97 Å². The van der Waals surface area contributed by atoms with Crippen molar-refractivity contribution < 1.29 is 27.4 Å². The Morgan fingerprint density at radius 1 is 1.30 bits per heavy atom. The first-order valence-electron chi connectivity index (χ1n) is 7.82. The number of nitrogens with zero attached hydrogens (tertiary/aromatic N) is 2. The van der Waals surface area contributed by atoms with Crippen LogP contribution < -0.4 is 14.3 Å². The maximum Gasteiger partial charge on any atom is 0.325 e. The van der Waals surface area contributed by atoms with E-state index >= 15 is 0 Å². The van der Waals surface area contributed by atoms with Crippen LogP contribution in [0.15, 0.2) is 38.3 Å². The van der Waals surface area contributed by atoms with Crippen LogP contribution in [0, 0.1) is 0 Å². The molecule has 0 spiro atoms. The van der Waals surface area contributed by atoms with E-state index in [1.807, 2.05) is 0 Å². The molecule has 4 rings (SSSR count). The van der Waals surface area contributed by atoms with Crippen LogP contribution >= 0.6 is 22.7 Å². The van der Waals surface area contributed by atoms with E-state index in [0.29, 0.717) is 30.2 Å². The van der Waals surface area contributed by atoms with Crippen molar-refractivity contribution in [2.24, 2.45) is 4.40 Å². The van der Waals surface area contributed by atoms with Gasteiger partial charge in [0.1, 0.15) is 24.0 Å². The minimum atomic E-state index is -3.88. The van der Waals surface area contributed by atoms with Crippen molar-refractivity contribution >= 4 is 48.9 Å². The number of carbonyl (C=O) groups excluding carboxylic acids is 1. The van der Waals surface area contributed by atoms with Gasteiger partial charge in [-0.2, -0.15) is 8.42 Å². The van der Waals surface area contributed by atoms with Gasteiger partial charge in [0.15, 0.2) is 11.5 Å². The van der Waals surface area contributed by atoms with Gasteiger partial charge in [-0.25, -0.2) is 0 Å². The summed E-state index contributed by atoms with van der Waals surface area (Å²) in [5.74, 6) is 0.602. The second-order valence-corrected chi connectivity index (χ2v) is 9.30. The van der Waals surface area contributed by atoms with Crippen molar-refractivity contribution in [3.8, 4) is 11.5 Å². The maximum atomic E-state index is 12.6. The van der Waals surface area contributed by atoms with Crippen LogP contribution in [-0.4, -0.2) is 39.3 Å². The summed E-state index contributed by atoms with van der Waals surface area (Å²) >= 11 is 2.23. The third-order valence-corrected chi connectivity index (χ3v) is 7.61. The molecule has 0 atom stereocenters. The van der Waals surface area contributed by atoms with E-state index in [9.17, 15) is 13.2 Å². The number of hydrogen-bond donors (Lipinski definition) is 0. The Hall–Kier alpha value is -2.37. The second-order valence-electron chi connectivity index (χ2n) is 5.51. The fourth-order valence-electron chi connectivity index (χ4n) is 2.58. The van der Waals surface area contributed by atoms with Gasteiger partial charge in [0.2, 0.25) is 4.80 Å². The number of ether oxygens (including phenoxy) is 3. The quantitative estimate of drug-likeness (QED) is 0.592. The number of carbonyl (C=O) groups is 1. The van der Waals surface area contributed by atoms with E-state index in [1.165, 1.54) is 17.7 Å². The van der Waals surface area contributed by atoms with Gasteiger partial charge in [0.25, 0.3) is 10.0 Å². The summed E-state index contributed by atoms with van der Waals surface area (Å²) in [6.07, 6.45) is 0. The van der Waals surface area contributed by atoms with Crippen molar-refractivity contribution in [1.82, 2.24) is 4.57 Å². The van der Waals surface area contributed by atoms with Crippen molar-refractivity contribution in [3.05, 3.63) is 34.4 Å². The van der Waals surface area contributed by atoms with Gasteiger partial charge in [0, 0.05) is 12.1 Å². The third-order valence-electron chi connectivity index (χ3n) is 3.81. The molecule has 11 heteroatoms. The van der Waals surface area contributed by atoms with Gasteiger partial charge in [-0.15, -0.1) is 15.7 Å². The van der Waals surface area contributed by atoms with Crippen LogP contribution in [0.2, 0.25) is 0 Å². The first kappa shape index (κ1) is 18.0. The average Bonchev–Trinajstić information content (AvgIpc) is 3.29. The molecule has 0 unspecified atom stereocenters. The van der Waals surface area contributed by atoms with Crippen LogP contribution in [0.4, 0.5) is 0 Å². The standard InChI is InChI=1S/C16H14N2O6S3/c1-22-14(19)9-18-10-7-11-12(24-5-4-23-11)8-13(10)26-16(18)17-27(20,21)15-3-2-6-25-15/h2-3,6-8H,4-5,9H2,1H3. The van der Waals surface area contributed by atoms with E-state index in [-0.39, 0.29) is 15.6 Å². The molecule has 0 aliphatic carbocycles. The predicted octanol–water partition coefficient (Wildman–Crippen LogP) is 2.00. The lowest BCUT2D eigenvalue weighted by Crippen LogP contribution is -2.22. The van der Waals surface area contributed by atoms with Gasteiger partial charge in [-0.3, -0.25) is 4.79 Å². The molecule has 0 saturated carbocycles. The summed E-state index contributed by atoms with van der Waals surface area (Å²) < 4.78 is 47.4. The smallest absolute Gasteiger partial charge is 0.325 e. The van der Waals surface area contributed by atoms with Gasteiger partial charge in [0.05, 0.1) is 17.3 Å². The summed E-state index contributed by atoms with van der Waals surface area (Å²) in [6, 6.07) is 6.62. The number of thiazole rings is 1. The predicted molar refractivity (Wildman–Crippen MR) is 99.9 cm³/mol. The highest BCUT2D eigenvalue weighted by Gasteiger charge is 2.20. The summed E-state index contributed by atoms with van der Waals surface area (Å²) in [4.78, 5) is 12.0. The van der Waals surface area contributed by atoms with Gasteiger partial charge in [-0.1, -0.05) is 17.4 Å². The number of benzene rings is 1. The first-order valence-corrected chi connectivity index (χ1v) is 11.0. The molecule has 27 heavy (non-hydrogen) atoms. The SMILES string of the molecule is COC(=O)Cn1c(=NS(=O)(=O)c2cccs2)sc2cc3c(cc21)OCCO3. The van der Waals surface area contributed by atoms with E-state index in [1.54, 1.807) is 23.6 Å². The first-order chi connectivity index (χ1) is 13.0. The fraction of sp³-hybridized carbons (Fsp3) is 0.250. The Bertz CT molecular complexity index is 1170. The highest BCUT2D eigenvalue weighted by Crippen LogP contribution is 2.35. The Morgan fingerprint density at radius 2 is 2.04 bits per heavy atom. The summed E-state index contributed by atoms with van der Waals surface area (Å²) in [5, 5.41) is 1.67. The number of rotatable bonds is 4. The minimum absolute atomic E-state index is 0.135. The molecule has 1 aromatic carbocycles. The Morgan fingerprint density at radius 3 is 2.70 bits per heavy atom. The lowest BCUT2D eigenvalue weighted by atomic mass is 10.2. The monoisotopic (exact) mass is 426 g/mol. The highest BCUT2D eigenvalue weighted by atomic mass is 32.2. The number of aromatic nitrogens is 1. The fourth-order valence-corrected chi connectivity index (χ4v) is 5.79. The number of fused-ring (bicyclic) bond motifs is 2. The molecule has 1 aliphatic rings. The zero-order valence-electron chi connectivity index (χ0n) is 14.1. The van der Waals surface area contributed by atoms with Crippen LogP contribution in [-0.2, 0) is 26.1 Å². The minimum Gasteiger partial charge on any atom is -0.486 e. The van der Waals surface area contributed by atoms with Crippen molar-refractivity contribution in [3.63, 3.8) is 0 Å². The Balaban J connectivity index is 1.94. The van der Waals surface area contributed by atoms with Crippen molar-refractivity contribution in [2.75, 3.05) is 20.3 Å². The average molecular weight is 426 g/mol. The second kappa shape index (κ2) is 6.98. The largest absolute Gasteiger partial charge is 0.486 e. The molecule has 8 nitrogen and oxygen atoms in total. The molecule has 0 radical (unpaired) electrons. The number of hydrogen-bond acceptors (Lipinski definition) is 8. The zero-order valence-corrected chi connectivity index (χ0v) is 16.5. The van der Waals surface area contributed by atoms with Crippen LogP contribution in [0.1, 0.15) is 0 Å². The molecular weight excluding hydrogens is 412 g/mol. The molecule has 3 aromatic rings. The zero-order chi connectivity index (χ0) is 19.0. The Labute approximate surface area is 162 Å². The van der Waals surface area contributed by atoms with E-state index in [2.05, 4.69) is 4.40 Å². The molecule has 2 aromatic heterocycles. The van der Waals surface area contributed by atoms with E-state index < -0.39 is 16.0 Å². The van der Waals surface area contributed by atoms with Crippen molar-refractivity contribution in [1.29, 1.82) is 0 Å². The van der Waals surface area contributed by atoms with Gasteiger partial charge in [-0.05, 0) is 11.4 Å². The highest BCUT2D eigenvalue weighted by molar-refractivity contribution is 7.92. The molecule has 0 amide bonds. The van der Waals surface area contributed by atoms with Crippen LogP contribution in [0.3, 0.4) is 0 Å². The molecule has 0 bridgehead atoms. The summed E-state index contributed by atoms with van der Waals surface area (Å²) in [7, 11) is -2.61. The lowest BCUT2D eigenvalue weighted by molar-refractivity contribution is -0.141. The van der Waals surface area contributed by atoms with E-state index in [0.717, 1.165) is 27.4 Å². The number of methoxy groups -OCH3 is 1. The molecule has 142 valence electrons. The number of esters is 1. The third kappa shape index (κ3) is 3.45. The molecular formula is C16H14N2O6S3. The maximum absolute atomic E-state index is 12.6. The molecule has 0 fully saturated rings. The van der Waals surface area contributed by atoms with E-state index in [4.69, 9.17) is 14.2 Å². The topological polar surface area (TPSA) is 96.2 Å². The Kier molecular flexibility index (Phi) is 4.66. The lowest BCUT2D eigenvalue weighted by Gasteiger charge is -2.18. The normalized spacial score (nSPS) is 14.5. The van der Waals surface area contributed by atoms with Gasteiger partial charge < -0.3 is 18.8 Å². The summed E-state index contributed by atoms with van der Waals surface area (Å²) in [5.41, 5.74) is 0.620. The molecule has 1 aliphatic heterocycles. The number of thiophene rings is 1. The van der Waals surface area contributed by atoms with Crippen molar-refractivity contribution in [2.45, 2.75) is 10.8 Å². The molecule has 0 saturated heterocycles. The molecule has 3 heterocycles. The van der Waals surface area contributed by atoms with Crippen LogP contribution in [0.25, 0.3) is 10.2 Å². The van der Waals surface area contributed by atoms with Crippen LogP contribution in [0.5, 0.6) is 11.5 Å². The number of sulfonamides is 1.